The third-order valence-electron chi connectivity index (χ3n) is 5.98. The number of rotatable bonds is 3. The summed E-state index contributed by atoms with van der Waals surface area (Å²) in [6.45, 7) is 0. The molecule has 5 atom stereocenters. The summed E-state index contributed by atoms with van der Waals surface area (Å²) in [6.07, 6.45) is 6.84. The molecular weight excluding hydrogens is 286 g/mol. The summed E-state index contributed by atoms with van der Waals surface area (Å²) in [5.74, 6) is 2.60. The van der Waals surface area contributed by atoms with E-state index in [-0.39, 0.29) is 5.56 Å². The number of hydrogen-bond donors (Lipinski definition) is 2. The van der Waals surface area contributed by atoms with Crippen LogP contribution in [0.4, 0.5) is 5.69 Å². The third-order valence-corrected chi connectivity index (χ3v) is 6.31. The monoisotopic (exact) mass is 305 g/mol. The predicted octanol–water partition coefficient (Wildman–Crippen LogP) is 4.27. The maximum atomic E-state index is 11.2. The molecule has 2 N–H and O–H groups in total. The normalized spacial score (nSPS) is 36.7. The fourth-order valence-corrected chi connectivity index (χ4v) is 5.43. The van der Waals surface area contributed by atoms with Crippen LogP contribution >= 0.6 is 11.6 Å². The molecule has 0 heterocycles. The Morgan fingerprint density at radius 1 is 1.19 bits per heavy atom. The molecule has 5 unspecified atom stereocenters. The highest BCUT2D eigenvalue weighted by molar-refractivity contribution is 6.33. The van der Waals surface area contributed by atoms with Crippen LogP contribution in [0.3, 0.4) is 0 Å². The minimum Gasteiger partial charge on any atom is -0.478 e. The molecule has 3 saturated carbocycles. The van der Waals surface area contributed by atoms with Gasteiger partial charge in [-0.05, 0) is 67.6 Å². The molecule has 0 aromatic heterocycles. The van der Waals surface area contributed by atoms with Crippen LogP contribution in [0, 0.1) is 23.7 Å². The average molecular weight is 306 g/mol. The Bertz CT molecular complexity index is 588. The first-order valence-electron chi connectivity index (χ1n) is 7.93. The maximum Gasteiger partial charge on any atom is 0.337 e. The Balaban J connectivity index is 1.52. The molecule has 21 heavy (non-hydrogen) atoms. The van der Waals surface area contributed by atoms with Crippen LogP contribution < -0.4 is 5.32 Å². The fourth-order valence-electron chi connectivity index (χ4n) is 5.23. The highest BCUT2D eigenvalue weighted by atomic mass is 35.5. The van der Waals surface area contributed by atoms with Gasteiger partial charge in [0.15, 0.2) is 0 Å². The SMILES string of the molecule is O=C(O)c1cc(NC2CC3CC2C2CCCC32)ccc1Cl. The van der Waals surface area contributed by atoms with Crippen molar-refractivity contribution < 1.29 is 9.90 Å². The highest BCUT2D eigenvalue weighted by Crippen LogP contribution is 2.59. The van der Waals surface area contributed by atoms with Crippen molar-refractivity contribution in [2.45, 2.75) is 38.1 Å². The molecule has 0 spiro atoms. The van der Waals surface area contributed by atoms with Crippen LogP contribution in [0.5, 0.6) is 0 Å². The molecule has 4 rings (SSSR count). The second-order valence-corrected chi connectivity index (χ2v) is 7.31. The quantitative estimate of drug-likeness (QED) is 0.876. The number of aromatic carboxylic acids is 1. The molecule has 1 aromatic carbocycles. The standard InChI is InChI=1S/C17H20ClNO2/c18-15-5-4-10(8-14(15)17(20)21)19-16-7-9-6-13(16)12-3-1-2-11(9)12/h4-5,8-9,11-13,16,19H,1-3,6-7H2,(H,20,21). The number of hydrogen-bond acceptors (Lipinski definition) is 2. The number of carbonyl (C=O) groups is 1. The molecule has 112 valence electrons. The second kappa shape index (κ2) is 4.91. The Morgan fingerprint density at radius 3 is 2.81 bits per heavy atom. The minimum atomic E-state index is -0.965. The molecule has 3 fully saturated rings. The van der Waals surface area contributed by atoms with E-state index in [4.69, 9.17) is 16.7 Å². The summed E-state index contributed by atoms with van der Waals surface area (Å²) < 4.78 is 0. The Morgan fingerprint density at radius 2 is 2.00 bits per heavy atom. The van der Waals surface area contributed by atoms with Crippen molar-refractivity contribution in [1.29, 1.82) is 0 Å². The Hall–Kier alpha value is -1.22. The Kier molecular flexibility index (Phi) is 3.14. The van der Waals surface area contributed by atoms with Gasteiger partial charge in [-0.15, -0.1) is 0 Å². The zero-order valence-electron chi connectivity index (χ0n) is 11.9. The molecule has 0 amide bonds. The van der Waals surface area contributed by atoms with Crippen LogP contribution in [0.15, 0.2) is 18.2 Å². The highest BCUT2D eigenvalue weighted by Gasteiger charge is 2.53. The lowest BCUT2D eigenvalue weighted by Gasteiger charge is -2.32. The molecule has 3 aliphatic carbocycles. The van der Waals surface area contributed by atoms with E-state index in [9.17, 15) is 4.79 Å². The van der Waals surface area contributed by atoms with Crippen LogP contribution in [0.2, 0.25) is 5.02 Å². The topological polar surface area (TPSA) is 49.3 Å². The van der Waals surface area contributed by atoms with E-state index in [1.807, 2.05) is 6.07 Å². The van der Waals surface area contributed by atoms with E-state index < -0.39 is 5.97 Å². The van der Waals surface area contributed by atoms with Gasteiger partial charge in [0.1, 0.15) is 0 Å². The molecular formula is C17H20ClNO2. The number of anilines is 1. The lowest BCUT2D eigenvalue weighted by Crippen LogP contribution is -2.33. The zero-order valence-corrected chi connectivity index (χ0v) is 12.6. The third kappa shape index (κ3) is 2.13. The van der Waals surface area contributed by atoms with Gasteiger partial charge >= 0.3 is 5.97 Å². The van der Waals surface area contributed by atoms with E-state index >= 15 is 0 Å². The van der Waals surface area contributed by atoms with Gasteiger partial charge in [-0.1, -0.05) is 18.0 Å². The lowest BCUT2D eigenvalue weighted by molar-refractivity contribution is 0.0697. The van der Waals surface area contributed by atoms with E-state index in [1.165, 1.54) is 32.1 Å². The largest absolute Gasteiger partial charge is 0.478 e. The molecule has 3 aliphatic rings. The van der Waals surface area contributed by atoms with Gasteiger partial charge in [0, 0.05) is 11.7 Å². The van der Waals surface area contributed by atoms with E-state index in [1.54, 1.807) is 12.1 Å². The van der Waals surface area contributed by atoms with Gasteiger partial charge in [-0.2, -0.15) is 0 Å². The van der Waals surface area contributed by atoms with Crippen LogP contribution in [-0.2, 0) is 0 Å². The van der Waals surface area contributed by atoms with Crippen molar-refractivity contribution in [3.63, 3.8) is 0 Å². The summed E-state index contributed by atoms with van der Waals surface area (Å²) >= 11 is 5.94. The van der Waals surface area contributed by atoms with Crippen molar-refractivity contribution in [2.24, 2.45) is 23.7 Å². The molecule has 2 bridgehead atoms. The van der Waals surface area contributed by atoms with Gasteiger partial charge in [0.2, 0.25) is 0 Å². The molecule has 0 radical (unpaired) electrons. The summed E-state index contributed by atoms with van der Waals surface area (Å²) in [7, 11) is 0. The molecule has 4 heteroatoms. The fraction of sp³-hybridized carbons (Fsp3) is 0.588. The zero-order chi connectivity index (χ0) is 14.6. The van der Waals surface area contributed by atoms with Gasteiger partial charge in [0.05, 0.1) is 10.6 Å². The summed E-state index contributed by atoms with van der Waals surface area (Å²) in [6, 6.07) is 5.76. The summed E-state index contributed by atoms with van der Waals surface area (Å²) in [4.78, 5) is 11.2. The van der Waals surface area contributed by atoms with Crippen LogP contribution in [0.25, 0.3) is 0 Å². The second-order valence-electron chi connectivity index (χ2n) is 6.90. The van der Waals surface area contributed by atoms with E-state index in [0.29, 0.717) is 11.1 Å². The first-order chi connectivity index (χ1) is 10.1. The van der Waals surface area contributed by atoms with Gasteiger partial charge in [0.25, 0.3) is 0 Å². The van der Waals surface area contributed by atoms with Crippen molar-refractivity contribution in [3.8, 4) is 0 Å². The van der Waals surface area contributed by atoms with Crippen molar-refractivity contribution >= 4 is 23.3 Å². The van der Waals surface area contributed by atoms with Crippen molar-refractivity contribution in [3.05, 3.63) is 28.8 Å². The first kappa shape index (κ1) is 13.4. The summed E-state index contributed by atoms with van der Waals surface area (Å²) in [5.41, 5.74) is 1.08. The number of nitrogens with one attached hydrogen (secondary N) is 1. The number of halogens is 1. The predicted molar refractivity (Wildman–Crippen MR) is 82.9 cm³/mol. The van der Waals surface area contributed by atoms with Crippen molar-refractivity contribution in [1.82, 2.24) is 0 Å². The van der Waals surface area contributed by atoms with Crippen LogP contribution in [-0.4, -0.2) is 17.1 Å². The smallest absolute Gasteiger partial charge is 0.337 e. The van der Waals surface area contributed by atoms with E-state index in [2.05, 4.69) is 5.32 Å². The van der Waals surface area contributed by atoms with Gasteiger partial charge in [-0.25, -0.2) is 4.79 Å². The number of carboxylic acids is 1. The molecule has 0 aliphatic heterocycles. The number of fused-ring (bicyclic) bond motifs is 5. The van der Waals surface area contributed by atoms with Crippen molar-refractivity contribution in [2.75, 3.05) is 5.32 Å². The molecule has 0 saturated heterocycles. The molecule has 1 aromatic rings. The Labute approximate surface area is 129 Å². The number of benzene rings is 1. The first-order valence-corrected chi connectivity index (χ1v) is 8.30. The lowest BCUT2D eigenvalue weighted by atomic mass is 9.79. The average Bonchev–Trinajstić information content (AvgIpc) is 3.12. The van der Waals surface area contributed by atoms with Gasteiger partial charge in [-0.3, -0.25) is 0 Å². The number of carboxylic acid groups (broad SMARTS) is 1. The van der Waals surface area contributed by atoms with Gasteiger partial charge < -0.3 is 10.4 Å². The molecule has 3 nitrogen and oxygen atoms in total. The van der Waals surface area contributed by atoms with Crippen LogP contribution in [0.1, 0.15) is 42.5 Å². The minimum absolute atomic E-state index is 0.184. The maximum absolute atomic E-state index is 11.2. The van der Waals surface area contributed by atoms with E-state index in [0.717, 1.165) is 29.4 Å². The summed E-state index contributed by atoms with van der Waals surface area (Å²) in [5, 5.41) is 13.1.